The van der Waals surface area contributed by atoms with E-state index in [2.05, 4.69) is 25.3 Å². The van der Waals surface area contributed by atoms with Crippen LogP contribution < -0.4 is 0 Å². The van der Waals surface area contributed by atoms with E-state index in [1.807, 2.05) is 0 Å². The molecule has 2 saturated carbocycles. The van der Waals surface area contributed by atoms with Crippen molar-refractivity contribution in [3.05, 3.63) is 12.2 Å². The number of β-amino-alcohol motifs (C(OH)–C–C–N with tert-alkyl or cyclic N) is 1. The van der Waals surface area contributed by atoms with Crippen LogP contribution in [-0.4, -0.2) is 48.0 Å². The predicted octanol–water partition coefficient (Wildman–Crippen LogP) is 1.76. The first-order valence-corrected chi connectivity index (χ1v) is 8.16. The lowest BCUT2D eigenvalue weighted by molar-refractivity contribution is -0.0223. The fraction of sp³-hybridized carbons (Fsp3) is 0.882. The van der Waals surface area contributed by atoms with Crippen molar-refractivity contribution in [1.29, 1.82) is 0 Å². The molecule has 4 bridgehead atoms. The summed E-state index contributed by atoms with van der Waals surface area (Å²) in [5.41, 5.74) is 1.76. The standard InChI is InChI=1S/C17H29NO2/c1-11(10-20)13-4-5-17(3)12(2)14-8-18(6-7-19)9-15(17)16(13)14/h11,13-16,19-20H,2,4-10H2,1,3H3. The Labute approximate surface area is 122 Å². The average Bonchev–Trinajstić information content (AvgIpc) is 2.55. The summed E-state index contributed by atoms with van der Waals surface area (Å²) in [7, 11) is 0. The number of hydrogen-bond acceptors (Lipinski definition) is 3. The van der Waals surface area contributed by atoms with Gasteiger partial charge in [0.05, 0.1) is 6.61 Å². The normalized spacial score (nSPS) is 45.7. The summed E-state index contributed by atoms with van der Waals surface area (Å²) in [6, 6.07) is 0. The Bertz CT molecular complexity index is 396. The number of hydrogen-bond donors (Lipinski definition) is 2. The predicted molar refractivity (Wildman–Crippen MR) is 80.2 cm³/mol. The van der Waals surface area contributed by atoms with Gasteiger partial charge in [-0.3, -0.25) is 0 Å². The van der Waals surface area contributed by atoms with Gasteiger partial charge in [0.2, 0.25) is 0 Å². The van der Waals surface area contributed by atoms with E-state index >= 15 is 0 Å². The van der Waals surface area contributed by atoms with Gasteiger partial charge in [0, 0.05) is 26.2 Å². The van der Waals surface area contributed by atoms with Gasteiger partial charge in [-0.2, -0.15) is 0 Å². The molecular formula is C17H29NO2. The molecule has 3 heteroatoms. The van der Waals surface area contributed by atoms with Crippen LogP contribution in [-0.2, 0) is 0 Å². The highest BCUT2D eigenvalue weighted by Crippen LogP contribution is 2.65. The van der Waals surface area contributed by atoms with E-state index in [0.29, 0.717) is 41.6 Å². The maximum atomic E-state index is 9.58. The SMILES string of the molecule is C=C1C2CN(CCO)CC3C2C(C(C)CO)CCC13C. The lowest BCUT2D eigenvalue weighted by atomic mass is 9.60. The summed E-state index contributed by atoms with van der Waals surface area (Å²) in [6.45, 7) is 12.6. The van der Waals surface area contributed by atoms with Crippen LogP contribution in [0.5, 0.6) is 0 Å². The topological polar surface area (TPSA) is 43.7 Å². The molecule has 3 rings (SSSR count). The summed E-state index contributed by atoms with van der Waals surface area (Å²) in [5.74, 6) is 3.02. The van der Waals surface area contributed by atoms with E-state index < -0.39 is 0 Å². The molecule has 6 atom stereocenters. The van der Waals surface area contributed by atoms with E-state index in [0.717, 1.165) is 19.6 Å². The summed E-state index contributed by atoms with van der Waals surface area (Å²) < 4.78 is 0. The van der Waals surface area contributed by atoms with Crippen molar-refractivity contribution in [2.75, 3.05) is 32.8 Å². The van der Waals surface area contributed by atoms with Crippen molar-refractivity contribution in [2.45, 2.75) is 26.7 Å². The molecule has 0 amide bonds. The molecule has 3 aliphatic rings. The Kier molecular flexibility index (Phi) is 3.72. The van der Waals surface area contributed by atoms with Crippen molar-refractivity contribution < 1.29 is 10.2 Å². The van der Waals surface area contributed by atoms with Gasteiger partial charge in [-0.1, -0.05) is 26.0 Å². The van der Waals surface area contributed by atoms with Crippen LogP contribution in [0.25, 0.3) is 0 Å². The van der Waals surface area contributed by atoms with Crippen LogP contribution in [0.2, 0.25) is 0 Å². The van der Waals surface area contributed by atoms with Gasteiger partial charge in [-0.15, -0.1) is 0 Å². The summed E-state index contributed by atoms with van der Waals surface area (Å²) in [6.07, 6.45) is 2.47. The molecule has 20 heavy (non-hydrogen) atoms. The fourth-order valence-corrected chi connectivity index (χ4v) is 5.51. The number of nitrogens with zero attached hydrogens (tertiary/aromatic N) is 1. The van der Waals surface area contributed by atoms with Gasteiger partial charge in [-0.05, 0) is 47.8 Å². The van der Waals surface area contributed by atoms with Gasteiger partial charge >= 0.3 is 0 Å². The van der Waals surface area contributed by atoms with E-state index in [1.165, 1.54) is 18.4 Å². The van der Waals surface area contributed by atoms with E-state index in [1.54, 1.807) is 0 Å². The molecule has 0 aromatic heterocycles. The minimum absolute atomic E-state index is 0.254. The largest absolute Gasteiger partial charge is 0.396 e. The van der Waals surface area contributed by atoms with Crippen molar-refractivity contribution in [1.82, 2.24) is 4.90 Å². The molecule has 0 aromatic carbocycles. The third-order valence-electron chi connectivity index (χ3n) is 6.77. The van der Waals surface area contributed by atoms with Crippen molar-refractivity contribution >= 4 is 0 Å². The second-order valence-electron chi connectivity index (χ2n) is 7.58. The first-order valence-electron chi connectivity index (χ1n) is 8.16. The van der Waals surface area contributed by atoms with Crippen LogP contribution in [0, 0.1) is 35.0 Å². The van der Waals surface area contributed by atoms with Crippen molar-refractivity contribution in [3.63, 3.8) is 0 Å². The number of piperidine rings is 1. The molecule has 1 heterocycles. The molecule has 0 radical (unpaired) electrons. The van der Waals surface area contributed by atoms with Crippen LogP contribution in [0.4, 0.5) is 0 Å². The highest BCUT2D eigenvalue weighted by atomic mass is 16.3. The quantitative estimate of drug-likeness (QED) is 0.771. The maximum Gasteiger partial charge on any atom is 0.0558 e. The first kappa shape index (κ1) is 14.6. The number of rotatable bonds is 4. The average molecular weight is 279 g/mol. The smallest absolute Gasteiger partial charge is 0.0558 e. The number of aliphatic hydroxyl groups is 2. The highest BCUT2D eigenvalue weighted by Gasteiger charge is 2.61. The Morgan fingerprint density at radius 2 is 2.15 bits per heavy atom. The van der Waals surface area contributed by atoms with Gasteiger partial charge in [0.1, 0.15) is 0 Å². The van der Waals surface area contributed by atoms with Crippen molar-refractivity contribution in [2.24, 2.45) is 35.0 Å². The van der Waals surface area contributed by atoms with Crippen molar-refractivity contribution in [3.8, 4) is 0 Å². The van der Waals surface area contributed by atoms with Crippen LogP contribution in [0.1, 0.15) is 26.7 Å². The molecule has 114 valence electrons. The van der Waals surface area contributed by atoms with Crippen LogP contribution >= 0.6 is 0 Å². The third-order valence-corrected chi connectivity index (χ3v) is 6.77. The summed E-state index contributed by atoms with van der Waals surface area (Å²) in [5, 5.41) is 18.8. The molecule has 6 unspecified atom stereocenters. The highest BCUT2D eigenvalue weighted by molar-refractivity contribution is 5.29. The fourth-order valence-electron chi connectivity index (χ4n) is 5.51. The first-order chi connectivity index (χ1) is 9.52. The zero-order valence-corrected chi connectivity index (χ0v) is 12.9. The zero-order chi connectivity index (χ0) is 14.5. The molecule has 0 aromatic rings. The molecule has 2 aliphatic carbocycles. The van der Waals surface area contributed by atoms with E-state index in [4.69, 9.17) is 0 Å². The Hall–Kier alpha value is -0.380. The van der Waals surface area contributed by atoms with E-state index in [9.17, 15) is 10.2 Å². The van der Waals surface area contributed by atoms with Crippen LogP contribution in [0.15, 0.2) is 12.2 Å². The minimum atomic E-state index is 0.254. The summed E-state index contributed by atoms with van der Waals surface area (Å²) >= 11 is 0. The molecule has 3 nitrogen and oxygen atoms in total. The Morgan fingerprint density at radius 3 is 2.80 bits per heavy atom. The molecule has 0 spiro atoms. The number of aliphatic hydroxyl groups excluding tert-OH is 2. The van der Waals surface area contributed by atoms with Crippen LogP contribution in [0.3, 0.4) is 0 Å². The lowest BCUT2D eigenvalue weighted by Crippen LogP contribution is -2.50. The zero-order valence-electron chi connectivity index (χ0n) is 12.9. The molecular weight excluding hydrogens is 250 g/mol. The molecule has 1 aliphatic heterocycles. The van der Waals surface area contributed by atoms with E-state index in [-0.39, 0.29) is 6.61 Å². The monoisotopic (exact) mass is 279 g/mol. The van der Waals surface area contributed by atoms with Gasteiger partial charge < -0.3 is 15.1 Å². The lowest BCUT2D eigenvalue weighted by Gasteiger charge is -2.49. The Balaban J connectivity index is 1.89. The summed E-state index contributed by atoms with van der Waals surface area (Å²) in [4.78, 5) is 2.42. The van der Waals surface area contributed by atoms with Gasteiger partial charge in [0.25, 0.3) is 0 Å². The molecule has 3 fully saturated rings. The second-order valence-corrected chi connectivity index (χ2v) is 7.58. The third kappa shape index (κ3) is 1.90. The second kappa shape index (κ2) is 5.11. The maximum absolute atomic E-state index is 9.58. The minimum Gasteiger partial charge on any atom is -0.396 e. The van der Waals surface area contributed by atoms with Gasteiger partial charge in [-0.25, -0.2) is 0 Å². The molecule has 1 saturated heterocycles. The number of likely N-dealkylation sites (tertiary alicyclic amines) is 1. The van der Waals surface area contributed by atoms with Gasteiger partial charge in [0.15, 0.2) is 0 Å². The Morgan fingerprint density at radius 1 is 1.40 bits per heavy atom. The molecule has 2 N–H and O–H groups in total.